The van der Waals surface area contributed by atoms with E-state index < -0.39 is 0 Å². The largest absolute Gasteiger partial charge is 0.338 e. The molecule has 2 fully saturated rings. The maximum atomic E-state index is 12.9. The number of aromatic nitrogens is 5. The Labute approximate surface area is 175 Å². The highest BCUT2D eigenvalue weighted by Crippen LogP contribution is 2.46. The first-order valence-corrected chi connectivity index (χ1v) is 10.7. The number of hydrogen-bond donors (Lipinski definition) is 0. The first-order chi connectivity index (χ1) is 14.7. The number of pyridine rings is 1. The molecule has 0 atom stereocenters. The lowest BCUT2D eigenvalue weighted by Gasteiger charge is -2.40. The molecule has 3 aromatic rings. The lowest BCUT2D eigenvalue weighted by Crippen LogP contribution is -2.46. The van der Waals surface area contributed by atoms with Crippen molar-refractivity contribution in [1.82, 2.24) is 29.8 Å². The first kappa shape index (κ1) is 19.0. The molecule has 1 aliphatic carbocycles. The van der Waals surface area contributed by atoms with E-state index in [1.807, 2.05) is 30.2 Å². The van der Waals surface area contributed by atoms with Crippen molar-refractivity contribution in [2.75, 3.05) is 13.1 Å². The van der Waals surface area contributed by atoms with Gasteiger partial charge in [0, 0.05) is 49.2 Å². The predicted octanol–water partition coefficient (Wildman–Crippen LogP) is 3.32. The Morgan fingerprint density at radius 2 is 2.00 bits per heavy atom. The molecule has 30 heavy (non-hydrogen) atoms. The normalized spacial score (nSPS) is 18.5. The SMILES string of the molecule is CCn1cc(C(=O)N2CCC(CC3CC3)(c3noc(-c4ccncc4)n3)CC2)cn1. The second-order valence-electron chi connectivity index (χ2n) is 8.46. The summed E-state index contributed by atoms with van der Waals surface area (Å²) >= 11 is 0. The summed E-state index contributed by atoms with van der Waals surface area (Å²) in [7, 11) is 0. The minimum atomic E-state index is -0.125. The smallest absolute Gasteiger partial charge is 0.258 e. The van der Waals surface area contributed by atoms with Crippen LogP contribution < -0.4 is 0 Å². The number of nitrogens with zero attached hydrogens (tertiary/aromatic N) is 6. The molecule has 0 bridgehead atoms. The standard InChI is InChI=1S/C22H26N6O2/c1-2-28-15-18(14-24-28)20(29)27-11-7-22(8-12-27,13-16-3-4-16)21-25-19(30-26-21)17-5-9-23-10-6-17/h5-6,9-10,14-16H,2-4,7-8,11-13H2,1H3. The van der Waals surface area contributed by atoms with E-state index in [9.17, 15) is 4.79 Å². The third kappa shape index (κ3) is 3.62. The molecule has 1 aliphatic heterocycles. The summed E-state index contributed by atoms with van der Waals surface area (Å²) in [6.45, 7) is 4.17. The zero-order valence-electron chi connectivity index (χ0n) is 17.2. The van der Waals surface area contributed by atoms with Crippen LogP contribution >= 0.6 is 0 Å². The Bertz CT molecular complexity index is 1020. The molecule has 2 aliphatic rings. The lowest BCUT2D eigenvalue weighted by atomic mass is 9.73. The highest BCUT2D eigenvalue weighted by atomic mass is 16.5. The van der Waals surface area contributed by atoms with Crippen molar-refractivity contribution in [2.24, 2.45) is 5.92 Å². The third-order valence-electron chi connectivity index (χ3n) is 6.42. The first-order valence-electron chi connectivity index (χ1n) is 10.7. The summed E-state index contributed by atoms with van der Waals surface area (Å²) in [5.74, 6) is 2.11. The molecule has 5 rings (SSSR count). The molecule has 0 radical (unpaired) electrons. The minimum absolute atomic E-state index is 0.0558. The summed E-state index contributed by atoms with van der Waals surface area (Å²) in [6, 6.07) is 3.76. The van der Waals surface area contributed by atoms with E-state index in [4.69, 9.17) is 9.51 Å². The van der Waals surface area contributed by atoms with Gasteiger partial charge in [0.05, 0.1) is 11.8 Å². The zero-order valence-corrected chi connectivity index (χ0v) is 17.2. The van der Waals surface area contributed by atoms with Crippen LogP contribution in [0.3, 0.4) is 0 Å². The maximum absolute atomic E-state index is 12.9. The molecule has 0 unspecified atom stereocenters. The molecule has 8 heteroatoms. The number of aryl methyl sites for hydroxylation is 1. The molecule has 4 heterocycles. The average Bonchev–Trinajstić information content (AvgIpc) is 3.27. The second-order valence-corrected chi connectivity index (χ2v) is 8.46. The van der Waals surface area contributed by atoms with Gasteiger partial charge in [0.2, 0.25) is 0 Å². The molecule has 1 saturated carbocycles. The van der Waals surface area contributed by atoms with Crippen LogP contribution in [0, 0.1) is 5.92 Å². The maximum Gasteiger partial charge on any atom is 0.258 e. The third-order valence-corrected chi connectivity index (χ3v) is 6.42. The molecule has 1 amide bonds. The van der Waals surface area contributed by atoms with Gasteiger partial charge in [-0.3, -0.25) is 14.5 Å². The van der Waals surface area contributed by atoms with Crippen LogP contribution in [0.5, 0.6) is 0 Å². The molecular formula is C22H26N6O2. The summed E-state index contributed by atoms with van der Waals surface area (Å²) in [5, 5.41) is 8.63. The van der Waals surface area contributed by atoms with Crippen molar-refractivity contribution in [3.05, 3.63) is 48.3 Å². The molecule has 156 valence electrons. The summed E-state index contributed by atoms with van der Waals surface area (Å²) < 4.78 is 7.40. The Morgan fingerprint density at radius 1 is 1.23 bits per heavy atom. The van der Waals surface area contributed by atoms with Gasteiger partial charge in [0.25, 0.3) is 11.8 Å². The predicted molar refractivity (Wildman–Crippen MR) is 110 cm³/mol. The van der Waals surface area contributed by atoms with Crippen molar-refractivity contribution in [2.45, 2.75) is 51.0 Å². The van der Waals surface area contributed by atoms with Crippen LogP contribution in [0.4, 0.5) is 0 Å². The highest BCUT2D eigenvalue weighted by Gasteiger charge is 2.45. The van der Waals surface area contributed by atoms with Gasteiger partial charge in [-0.15, -0.1) is 0 Å². The fourth-order valence-electron chi connectivity index (χ4n) is 4.41. The van der Waals surface area contributed by atoms with Gasteiger partial charge >= 0.3 is 0 Å². The van der Waals surface area contributed by atoms with Crippen molar-refractivity contribution in [3.63, 3.8) is 0 Å². The number of amides is 1. The van der Waals surface area contributed by atoms with E-state index in [1.165, 1.54) is 12.8 Å². The fraction of sp³-hybridized carbons (Fsp3) is 0.500. The van der Waals surface area contributed by atoms with Crippen LogP contribution in [0.1, 0.15) is 55.2 Å². The number of carbonyl (C=O) groups excluding carboxylic acids is 1. The van der Waals surface area contributed by atoms with Crippen LogP contribution in [0.15, 0.2) is 41.4 Å². The molecule has 0 N–H and O–H groups in total. The Hall–Kier alpha value is -3.03. The van der Waals surface area contributed by atoms with Crippen LogP contribution in [-0.4, -0.2) is 48.8 Å². The van der Waals surface area contributed by atoms with Gasteiger partial charge in [-0.05, 0) is 44.2 Å². The van der Waals surface area contributed by atoms with E-state index >= 15 is 0 Å². The van der Waals surface area contributed by atoms with E-state index in [0.29, 0.717) is 24.5 Å². The minimum Gasteiger partial charge on any atom is -0.338 e. The van der Waals surface area contributed by atoms with Crippen LogP contribution in [-0.2, 0) is 12.0 Å². The second kappa shape index (κ2) is 7.66. The van der Waals surface area contributed by atoms with E-state index in [1.54, 1.807) is 23.3 Å². The van der Waals surface area contributed by atoms with Crippen molar-refractivity contribution >= 4 is 5.91 Å². The molecule has 8 nitrogen and oxygen atoms in total. The van der Waals surface area contributed by atoms with E-state index in [0.717, 1.165) is 43.1 Å². The number of carbonyl (C=O) groups is 1. The number of likely N-dealkylation sites (tertiary alicyclic amines) is 1. The topological polar surface area (TPSA) is 89.9 Å². The quantitative estimate of drug-likeness (QED) is 0.624. The van der Waals surface area contributed by atoms with Crippen LogP contribution in [0.25, 0.3) is 11.5 Å². The molecule has 0 aromatic carbocycles. The molecular weight excluding hydrogens is 380 g/mol. The fourth-order valence-corrected chi connectivity index (χ4v) is 4.41. The summed E-state index contributed by atoms with van der Waals surface area (Å²) in [4.78, 5) is 23.7. The molecule has 1 saturated heterocycles. The summed E-state index contributed by atoms with van der Waals surface area (Å²) in [6.07, 6.45) is 12.3. The average molecular weight is 406 g/mol. The van der Waals surface area contributed by atoms with Gasteiger partial charge in [-0.2, -0.15) is 10.1 Å². The van der Waals surface area contributed by atoms with Crippen molar-refractivity contribution in [3.8, 4) is 11.5 Å². The van der Waals surface area contributed by atoms with E-state index in [-0.39, 0.29) is 11.3 Å². The van der Waals surface area contributed by atoms with Gasteiger partial charge in [0.15, 0.2) is 5.82 Å². The molecule has 3 aromatic heterocycles. The Kier molecular flexibility index (Phi) is 4.84. The van der Waals surface area contributed by atoms with Crippen molar-refractivity contribution < 1.29 is 9.32 Å². The lowest BCUT2D eigenvalue weighted by molar-refractivity contribution is 0.0645. The summed E-state index contributed by atoms with van der Waals surface area (Å²) in [5.41, 5.74) is 1.41. The van der Waals surface area contributed by atoms with Gasteiger partial charge < -0.3 is 9.42 Å². The highest BCUT2D eigenvalue weighted by molar-refractivity contribution is 5.93. The number of hydrogen-bond acceptors (Lipinski definition) is 6. The van der Waals surface area contributed by atoms with Gasteiger partial charge in [0.1, 0.15) is 0 Å². The van der Waals surface area contributed by atoms with Crippen molar-refractivity contribution in [1.29, 1.82) is 0 Å². The van der Waals surface area contributed by atoms with E-state index in [2.05, 4.69) is 15.2 Å². The zero-order chi connectivity index (χ0) is 20.6. The van der Waals surface area contributed by atoms with Crippen LogP contribution in [0.2, 0.25) is 0 Å². The Balaban J connectivity index is 1.35. The van der Waals surface area contributed by atoms with Gasteiger partial charge in [-0.25, -0.2) is 0 Å². The number of rotatable bonds is 6. The Morgan fingerprint density at radius 3 is 2.67 bits per heavy atom. The number of piperidine rings is 1. The molecule has 0 spiro atoms. The van der Waals surface area contributed by atoms with Gasteiger partial charge in [-0.1, -0.05) is 18.0 Å². The monoisotopic (exact) mass is 406 g/mol.